The van der Waals surface area contributed by atoms with Crippen LogP contribution in [0.25, 0.3) is 0 Å². The molecule has 140 valence electrons. The number of hydrazone groups is 1. The Morgan fingerprint density at radius 3 is 2.92 bits per heavy atom. The van der Waals surface area contributed by atoms with E-state index in [4.69, 9.17) is 16.3 Å². The minimum atomic E-state index is -0.139. The number of piperidine rings is 1. The molecule has 4 rings (SSSR count). The van der Waals surface area contributed by atoms with Crippen LogP contribution in [0.15, 0.2) is 29.4 Å². The smallest absolute Gasteiger partial charge is 0.324 e. The van der Waals surface area contributed by atoms with Crippen molar-refractivity contribution in [3.05, 3.63) is 34.9 Å². The number of nitrogens with zero attached hydrogens (tertiary/aromatic N) is 3. The lowest BCUT2D eigenvalue weighted by Gasteiger charge is -2.38. The van der Waals surface area contributed by atoms with Crippen molar-refractivity contribution < 1.29 is 9.53 Å². The Morgan fingerprint density at radius 1 is 1.42 bits per heavy atom. The van der Waals surface area contributed by atoms with Crippen molar-refractivity contribution in [3.8, 4) is 0 Å². The number of hydrazine groups is 2. The zero-order valence-corrected chi connectivity index (χ0v) is 15.4. The predicted molar refractivity (Wildman–Crippen MR) is 98.3 cm³/mol. The molecule has 1 unspecified atom stereocenters. The van der Waals surface area contributed by atoms with E-state index in [0.717, 1.165) is 24.3 Å². The number of carbonyl (C=O) groups is 1. The fourth-order valence-electron chi connectivity index (χ4n) is 3.85. The van der Waals surface area contributed by atoms with Gasteiger partial charge in [-0.05, 0) is 37.0 Å². The Bertz CT molecular complexity index is 719. The first-order valence-electron chi connectivity index (χ1n) is 8.82. The number of ether oxygens (including phenoxy) is 1. The Morgan fingerprint density at radius 2 is 2.23 bits per heavy atom. The molecule has 3 aliphatic heterocycles. The van der Waals surface area contributed by atoms with Crippen molar-refractivity contribution >= 4 is 23.6 Å². The first-order valence-corrected chi connectivity index (χ1v) is 9.20. The highest BCUT2D eigenvalue weighted by molar-refractivity contribution is 6.30. The maximum atomic E-state index is 12.4. The molecule has 0 radical (unpaired) electrons. The number of carbonyl (C=O) groups excluding carboxylic acids is 1. The van der Waals surface area contributed by atoms with Crippen LogP contribution in [0.4, 0.5) is 4.79 Å². The molecule has 1 atom stereocenters. The molecule has 26 heavy (non-hydrogen) atoms. The van der Waals surface area contributed by atoms with Crippen LogP contribution in [0, 0.1) is 0 Å². The summed E-state index contributed by atoms with van der Waals surface area (Å²) < 4.78 is 6.21. The number of guanidine groups is 1. The minimum Gasteiger partial charge on any atom is -0.374 e. The quantitative estimate of drug-likeness (QED) is 0.691. The van der Waals surface area contributed by atoms with Gasteiger partial charge < -0.3 is 9.64 Å². The van der Waals surface area contributed by atoms with Gasteiger partial charge in [-0.2, -0.15) is 0 Å². The molecule has 0 aliphatic carbocycles. The van der Waals surface area contributed by atoms with Crippen molar-refractivity contribution in [2.45, 2.75) is 30.8 Å². The highest BCUT2D eigenvalue weighted by atomic mass is 35.5. The third-order valence-corrected chi connectivity index (χ3v) is 5.64. The Hall–Kier alpha value is -2.03. The van der Waals surface area contributed by atoms with E-state index in [-0.39, 0.29) is 11.6 Å². The van der Waals surface area contributed by atoms with Gasteiger partial charge in [0.1, 0.15) is 0 Å². The Balaban J connectivity index is 1.33. The summed E-state index contributed by atoms with van der Waals surface area (Å²) in [4.78, 5) is 14.2. The average Bonchev–Trinajstić information content (AvgIpc) is 3.23. The zero-order chi connectivity index (χ0) is 18.1. The predicted octanol–water partition coefficient (Wildman–Crippen LogP) is 1.61. The van der Waals surface area contributed by atoms with Crippen LogP contribution >= 0.6 is 11.6 Å². The van der Waals surface area contributed by atoms with E-state index in [1.807, 2.05) is 23.1 Å². The van der Waals surface area contributed by atoms with Gasteiger partial charge in [0.15, 0.2) is 0 Å². The van der Waals surface area contributed by atoms with E-state index in [0.29, 0.717) is 31.6 Å². The number of urea groups is 1. The first kappa shape index (κ1) is 17.4. The van der Waals surface area contributed by atoms with Crippen LogP contribution in [0.1, 0.15) is 30.7 Å². The molecule has 3 heterocycles. The fourth-order valence-corrected chi connectivity index (χ4v) is 4.05. The van der Waals surface area contributed by atoms with Crippen LogP contribution in [-0.4, -0.2) is 54.2 Å². The number of nitrogens with one attached hydrogen (secondary N) is 3. The minimum absolute atomic E-state index is 0.130. The second kappa shape index (κ2) is 6.94. The topological polar surface area (TPSA) is 81.2 Å². The number of hydrogen-bond acceptors (Lipinski definition) is 6. The van der Waals surface area contributed by atoms with Gasteiger partial charge in [-0.1, -0.05) is 23.7 Å². The summed E-state index contributed by atoms with van der Waals surface area (Å²) >= 11 is 6.12. The molecule has 1 spiro atoms. The van der Waals surface area contributed by atoms with Crippen LogP contribution in [0.3, 0.4) is 0 Å². The van der Waals surface area contributed by atoms with Gasteiger partial charge in [-0.25, -0.2) is 10.3 Å². The molecule has 3 aliphatic rings. The molecular weight excluding hydrogens is 356 g/mol. The fraction of sp³-hybridized carbons (Fsp3) is 0.529. The molecule has 9 heteroatoms. The number of benzene rings is 1. The van der Waals surface area contributed by atoms with Crippen LogP contribution in [-0.2, 0) is 4.74 Å². The summed E-state index contributed by atoms with van der Waals surface area (Å²) in [5.41, 5.74) is 6.46. The van der Waals surface area contributed by atoms with Gasteiger partial charge in [-0.3, -0.25) is 10.3 Å². The van der Waals surface area contributed by atoms with E-state index in [1.54, 1.807) is 12.1 Å². The maximum absolute atomic E-state index is 12.4. The van der Waals surface area contributed by atoms with Crippen LogP contribution in [0.5, 0.6) is 0 Å². The molecule has 3 N–H and O–H groups in total. The molecule has 2 saturated heterocycles. The second-order valence-corrected chi connectivity index (χ2v) is 7.52. The van der Waals surface area contributed by atoms with Crippen molar-refractivity contribution in [2.24, 2.45) is 5.10 Å². The first-order chi connectivity index (χ1) is 12.5. The molecule has 0 saturated carbocycles. The summed E-state index contributed by atoms with van der Waals surface area (Å²) in [5, 5.41) is 9.13. The van der Waals surface area contributed by atoms with Gasteiger partial charge in [0.25, 0.3) is 0 Å². The summed E-state index contributed by atoms with van der Waals surface area (Å²) in [6.07, 6.45) is 2.67. The van der Waals surface area contributed by atoms with Gasteiger partial charge in [0, 0.05) is 31.1 Å². The molecule has 1 aromatic carbocycles. The summed E-state index contributed by atoms with van der Waals surface area (Å²) in [6.45, 7) is 2.06. The summed E-state index contributed by atoms with van der Waals surface area (Å²) in [6, 6.07) is 7.88. The molecule has 8 nitrogen and oxygen atoms in total. The molecule has 1 aromatic rings. The lowest BCUT2D eigenvalue weighted by molar-refractivity contribution is -0.0360. The largest absolute Gasteiger partial charge is 0.374 e. The molecule has 0 aromatic heterocycles. The van der Waals surface area contributed by atoms with Gasteiger partial charge in [0.05, 0.1) is 12.2 Å². The SMILES string of the molecule is CN1NNN=C1NC(=O)N1CCC2(CC1)CC(c1cccc(Cl)c1)CO2. The number of rotatable bonds is 1. The second-order valence-electron chi connectivity index (χ2n) is 7.09. The highest BCUT2D eigenvalue weighted by Gasteiger charge is 2.44. The Labute approximate surface area is 157 Å². The summed E-state index contributed by atoms with van der Waals surface area (Å²) in [5.74, 6) is 0.821. The standard InChI is InChI=1S/C17H23ClN6O2/c1-23-15(20-21-22-23)19-16(25)24-7-5-17(6-8-24)10-13(11-26-17)12-3-2-4-14(18)9-12/h2-4,9,13,21-22H,5-8,10-11H2,1H3,(H,19,20,25). The van der Waals surface area contributed by atoms with Crippen molar-refractivity contribution in [1.29, 1.82) is 0 Å². The van der Waals surface area contributed by atoms with Gasteiger partial charge in [-0.15, -0.1) is 10.6 Å². The molecule has 0 bridgehead atoms. The maximum Gasteiger partial charge on any atom is 0.324 e. The van der Waals surface area contributed by atoms with E-state index in [2.05, 4.69) is 27.6 Å². The van der Waals surface area contributed by atoms with Crippen molar-refractivity contribution in [1.82, 2.24) is 26.3 Å². The third kappa shape index (κ3) is 3.44. The van der Waals surface area contributed by atoms with E-state index < -0.39 is 0 Å². The normalized spacial score (nSPS) is 24.5. The van der Waals surface area contributed by atoms with Crippen molar-refractivity contribution in [2.75, 3.05) is 26.7 Å². The number of amides is 2. The lowest BCUT2D eigenvalue weighted by Crippen LogP contribution is -2.53. The van der Waals surface area contributed by atoms with Gasteiger partial charge in [0.2, 0.25) is 5.96 Å². The van der Waals surface area contributed by atoms with E-state index >= 15 is 0 Å². The molecular formula is C17H23ClN6O2. The monoisotopic (exact) mass is 378 g/mol. The van der Waals surface area contributed by atoms with Gasteiger partial charge >= 0.3 is 6.03 Å². The van der Waals surface area contributed by atoms with Crippen LogP contribution < -0.4 is 16.4 Å². The van der Waals surface area contributed by atoms with Crippen molar-refractivity contribution in [3.63, 3.8) is 0 Å². The molecule has 2 amide bonds. The average molecular weight is 379 g/mol. The van der Waals surface area contributed by atoms with E-state index in [9.17, 15) is 4.79 Å². The summed E-state index contributed by atoms with van der Waals surface area (Å²) in [7, 11) is 1.77. The van der Waals surface area contributed by atoms with E-state index in [1.165, 1.54) is 5.56 Å². The number of hydrogen-bond donors (Lipinski definition) is 3. The Kier molecular flexibility index (Phi) is 4.64. The molecule has 2 fully saturated rings. The zero-order valence-electron chi connectivity index (χ0n) is 14.7. The number of halogens is 1. The lowest BCUT2D eigenvalue weighted by atomic mass is 9.83. The highest BCUT2D eigenvalue weighted by Crippen LogP contribution is 2.43. The number of likely N-dealkylation sites (tertiary alicyclic amines) is 1. The van der Waals surface area contributed by atoms with Crippen LogP contribution in [0.2, 0.25) is 5.02 Å². The third-order valence-electron chi connectivity index (χ3n) is 5.41.